The maximum Gasteiger partial charge on any atom is 0.258 e. The number of hydrogen-bond acceptors (Lipinski definition) is 5. The third-order valence-corrected chi connectivity index (χ3v) is 7.08. The number of nitrogens with zero attached hydrogens (tertiary/aromatic N) is 2. The van der Waals surface area contributed by atoms with Gasteiger partial charge in [0, 0.05) is 24.3 Å². The van der Waals surface area contributed by atoms with E-state index in [1.54, 1.807) is 17.4 Å². The lowest BCUT2D eigenvalue weighted by molar-refractivity contribution is -0.121. The topological polar surface area (TPSA) is 78.1 Å². The maximum absolute atomic E-state index is 12.5. The van der Waals surface area contributed by atoms with Crippen molar-refractivity contribution in [1.82, 2.24) is 20.2 Å². The highest BCUT2D eigenvalue weighted by molar-refractivity contribution is 7.10. The molecule has 3 heterocycles. The monoisotopic (exact) mass is 438 g/mol. The Hall–Kier alpha value is -2.51. The fourth-order valence-corrected chi connectivity index (χ4v) is 5.06. The standard InChI is InChI=1S/C24H30N4O2S/c1-17-11-13-28(14-12-17)20(21-8-5-15-31-21)16-25-23(29)10-4-9-22-26-19-7-3-2-6-18(19)24(30)27-22/h2-3,5-8,15,17,20H,4,9-14,16H2,1H3,(H,25,29)(H,26,27,30)/t20-/m1/s1. The highest BCUT2D eigenvalue weighted by Crippen LogP contribution is 2.29. The fraction of sp³-hybridized carbons (Fsp3) is 0.458. The summed E-state index contributed by atoms with van der Waals surface area (Å²) < 4.78 is 0. The van der Waals surface area contributed by atoms with Crippen LogP contribution in [0.1, 0.15) is 49.4 Å². The number of thiophene rings is 1. The molecule has 1 aliphatic rings. The number of H-pyrrole nitrogens is 1. The molecule has 2 N–H and O–H groups in total. The summed E-state index contributed by atoms with van der Waals surface area (Å²) in [6, 6.07) is 11.8. The predicted octanol–water partition coefficient (Wildman–Crippen LogP) is 3.90. The average molecular weight is 439 g/mol. The number of aryl methyl sites for hydroxylation is 1. The van der Waals surface area contributed by atoms with E-state index in [1.165, 1.54) is 17.7 Å². The molecule has 7 heteroatoms. The summed E-state index contributed by atoms with van der Waals surface area (Å²) in [4.78, 5) is 35.9. The molecule has 3 aromatic rings. The molecule has 164 valence electrons. The number of rotatable bonds is 8. The first-order chi connectivity index (χ1) is 15.1. The van der Waals surface area contributed by atoms with Crippen LogP contribution in [0, 0.1) is 5.92 Å². The van der Waals surface area contributed by atoms with Crippen LogP contribution in [-0.4, -0.2) is 40.4 Å². The Morgan fingerprint density at radius 3 is 2.84 bits per heavy atom. The van der Waals surface area contributed by atoms with E-state index in [1.807, 2.05) is 18.2 Å². The molecule has 1 saturated heterocycles. The lowest BCUT2D eigenvalue weighted by atomic mass is 9.97. The minimum Gasteiger partial charge on any atom is -0.354 e. The molecule has 2 aromatic heterocycles. The summed E-state index contributed by atoms with van der Waals surface area (Å²) in [6.07, 6.45) is 4.08. The summed E-state index contributed by atoms with van der Waals surface area (Å²) in [5, 5.41) is 5.84. The third kappa shape index (κ3) is 5.60. The number of amides is 1. The summed E-state index contributed by atoms with van der Waals surface area (Å²) in [6.45, 7) is 5.12. The Kier molecular flexibility index (Phi) is 7.14. The number of carbonyl (C=O) groups is 1. The largest absolute Gasteiger partial charge is 0.354 e. The second-order valence-electron chi connectivity index (χ2n) is 8.44. The number of aromatic amines is 1. The first-order valence-electron chi connectivity index (χ1n) is 11.1. The molecule has 0 aliphatic carbocycles. The van der Waals surface area contributed by atoms with Crippen LogP contribution >= 0.6 is 11.3 Å². The normalized spacial score (nSPS) is 16.4. The summed E-state index contributed by atoms with van der Waals surface area (Å²) in [5.74, 6) is 1.47. The van der Waals surface area contributed by atoms with E-state index in [2.05, 4.69) is 44.6 Å². The molecule has 0 spiro atoms. The van der Waals surface area contributed by atoms with Gasteiger partial charge in [-0.3, -0.25) is 14.5 Å². The SMILES string of the molecule is CC1CCN([C@H](CNC(=O)CCCc2nc3ccccc3c(=O)[nH]2)c2cccs2)CC1. The van der Waals surface area contributed by atoms with Crippen molar-refractivity contribution in [3.63, 3.8) is 0 Å². The van der Waals surface area contributed by atoms with Crippen LogP contribution in [0.5, 0.6) is 0 Å². The van der Waals surface area contributed by atoms with Gasteiger partial charge in [-0.15, -0.1) is 11.3 Å². The molecule has 1 aromatic carbocycles. The molecule has 31 heavy (non-hydrogen) atoms. The molecular weight excluding hydrogens is 408 g/mol. The lowest BCUT2D eigenvalue weighted by Gasteiger charge is -2.36. The number of nitrogens with one attached hydrogen (secondary N) is 2. The number of hydrogen-bond donors (Lipinski definition) is 2. The molecule has 1 atom stereocenters. The highest BCUT2D eigenvalue weighted by atomic mass is 32.1. The van der Waals surface area contributed by atoms with Gasteiger partial charge in [0.05, 0.1) is 16.9 Å². The minimum absolute atomic E-state index is 0.0510. The average Bonchev–Trinajstić information content (AvgIpc) is 3.30. The number of carbonyl (C=O) groups excluding carboxylic acids is 1. The van der Waals surface area contributed by atoms with Crippen LogP contribution in [0.4, 0.5) is 0 Å². The van der Waals surface area contributed by atoms with Crippen LogP contribution < -0.4 is 10.9 Å². The minimum atomic E-state index is -0.125. The first kappa shape index (κ1) is 21.7. The molecule has 4 rings (SSSR count). The Labute approximate surface area is 186 Å². The van der Waals surface area contributed by atoms with Crippen molar-refractivity contribution in [2.45, 2.75) is 45.1 Å². The Morgan fingerprint density at radius 2 is 2.06 bits per heavy atom. The Bertz CT molecular complexity index is 1050. The van der Waals surface area contributed by atoms with E-state index in [4.69, 9.17) is 0 Å². The molecule has 1 amide bonds. The van der Waals surface area contributed by atoms with Crippen LogP contribution in [-0.2, 0) is 11.2 Å². The predicted molar refractivity (Wildman–Crippen MR) is 125 cm³/mol. The van der Waals surface area contributed by atoms with Gasteiger partial charge in [0.25, 0.3) is 5.56 Å². The van der Waals surface area contributed by atoms with Crippen LogP contribution in [0.3, 0.4) is 0 Å². The van der Waals surface area contributed by atoms with Crippen molar-refractivity contribution in [1.29, 1.82) is 0 Å². The zero-order valence-corrected chi connectivity index (χ0v) is 18.8. The van der Waals surface area contributed by atoms with E-state index in [0.717, 1.165) is 19.0 Å². The van der Waals surface area contributed by atoms with E-state index in [0.29, 0.717) is 42.5 Å². The molecule has 1 aliphatic heterocycles. The maximum atomic E-state index is 12.5. The highest BCUT2D eigenvalue weighted by Gasteiger charge is 2.25. The smallest absolute Gasteiger partial charge is 0.258 e. The van der Waals surface area contributed by atoms with Gasteiger partial charge < -0.3 is 10.3 Å². The quantitative estimate of drug-likeness (QED) is 0.559. The van der Waals surface area contributed by atoms with E-state index < -0.39 is 0 Å². The third-order valence-electron chi connectivity index (χ3n) is 6.10. The molecule has 0 unspecified atom stereocenters. The van der Waals surface area contributed by atoms with Gasteiger partial charge in [-0.2, -0.15) is 0 Å². The van der Waals surface area contributed by atoms with Gasteiger partial charge in [-0.1, -0.05) is 25.1 Å². The van der Waals surface area contributed by atoms with Gasteiger partial charge in [0.15, 0.2) is 0 Å². The fourth-order valence-electron chi connectivity index (χ4n) is 4.20. The van der Waals surface area contributed by atoms with Gasteiger partial charge >= 0.3 is 0 Å². The molecule has 0 radical (unpaired) electrons. The molecule has 1 fully saturated rings. The van der Waals surface area contributed by atoms with Crippen molar-refractivity contribution < 1.29 is 4.79 Å². The summed E-state index contributed by atoms with van der Waals surface area (Å²) >= 11 is 1.76. The number of benzene rings is 1. The number of piperidine rings is 1. The van der Waals surface area contributed by atoms with Crippen LogP contribution in [0.2, 0.25) is 0 Å². The summed E-state index contributed by atoms with van der Waals surface area (Å²) in [7, 11) is 0. The zero-order valence-electron chi connectivity index (χ0n) is 18.0. The Balaban J connectivity index is 1.29. The second kappa shape index (κ2) is 10.2. The number of fused-ring (bicyclic) bond motifs is 1. The lowest BCUT2D eigenvalue weighted by Crippen LogP contribution is -2.41. The molecular formula is C24H30N4O2S. The van der Waals surface area contributed by atoms with E-state index >= 15 is 0 Å². The van der Waals surface area contributed by atoms with Gasteiger partial charge in [0.2, 0.25) is 5.91 Å². The molecule has 0 saturated carbocycles. The van der Waals surface area contributed by atoms with Crippen molar-refractivity contribution in [3.05, 3.63) is 62.8 Å². The number of para-hydroxylation sites is 1. The van der Waals surface area contributed by atoms with E-state index in [-0.39, 0.29) is 17.5 Å². The first-order valence-corrected chi connectivity index (χ1v) is 12.0. The van der Waals surface area contributed by atoms with Crippen molar-refractivity contribution in [3.8, 4) is 0 Å². The number of likely N-dealkylation sites (tertiary alicyclic amines) is 1. The Morgan fingerprint density at radius 1 is 1.26 bits per heavy atom. The zero-order chi connectivity index (χ0) is 21.6. The number of aromatic nitrogens is 2. The van der Waals surface area contributed by atoms with Crippen LogP contribution in [0.25, 0.3) is 10.9 Å². The van der Waals surface area contributed by atoms with Gasteiger partial charge in [0.1, 0.15) is 5.82 Å². The summed E-state index contributed by atoms with van der Waals surface area (Å²) in [5.41, 5.74) is 0.569. The van der Waals surface area contributed by atoms with Crippen molar-refractivity contribution in [2.24, 2.45) is 5.92 Å². The van der Waals surface area contributed by atoms with Crippen LogP contribution in [0.15, 0.2) is 46.6 Å². The van der Waals surface area contributed by atoms with Gasteiger partial charge in [-0.05, 0) is 61.8 Å². The van der Waals surface area contributed by atoms with Gasteiger partial charge in [-0.25, -0.2) is 4.98 Å². The second-order valence-corrected chi connectivity index (χ2v) is 9.42. The molecule has 6 nitrogen and oxygen atoms in total. The van der Waals surface area contributed by atoms with Crippen molar-refractivity contribution >= 4 is 28.1 Å². The molecule has 0 bridgehead atoms. The van der Waals surface area contributed by atoms with E-state index in [9.17, 15) is 9.59 Å². The van der Waals surface area contributed by atoms with Crippen molar-refractivity contribution in [2.75, 3.05) is 19.6 Å².